The zero-order valence-corrected chi connectivity index (χ0v) is 17.9. The first-order valence-corrected chi connectivity index (χ1v) is 9.64. The Morgan fingerprint density at radius 2 is 1.78 bits per heavy atom. The van der Waals surface area contributed by atoms with Crippen molar-refractivity contribution in [2.75, 3.05) is 20.8 Å². The molecular weight excluding hydrogens is 450 g/mol. The van der Waals surface area contributed by atoms with E-state index in [4.69, 9.17) is 16.3 Å². The molecule has 2 amide bonds. The van der Waals surface area contributed by atoms with Crippen molar-refractivity contribution in [3.63, 3.8) is 0 Å². The minimum absolute atomic E-state index is 0.0634. The number of ether oxygens (including phenoxy) is 3. The second kappa shape index (κ2) is 11.8. The Morgan fingerprint density at radius 3 is 2.41 bits per heavy atom. The molecule has 0 aliphatic carbocycles. The van der Waals surface area contributed by atoms with E-state index in [-0.39, 0.29) is 23.5 Å². The minimum atomic E-state index is -3.05. The first-order chi connectivity index (χ1) is 15.2. The molecule has 1 atom stereocenters. The molecule has 0 heterocycles. The van der Waals surface area contributed by atoms with Gasteiger partial charge in [0.2, 0.25) is 5.91 Å². The van der Waals surface area contributed by atoms with Crippen molar-refractivity contribution in [3.8, 4) is 11.5 Å². The fourth-order valence-electron chi connectivity index (χ4n) is 2.76. The fraction of sp³-hybridized carbons (Fsp3) is 0.286. The Balaban J connectivity index is 2.04. The SMILES string of the molecule is COC(=O)CC(NC(=O)CNC(=O)c1ccc(OC(F)F)c(OC)c1)c1ccccc1Cl. The number of alkyl halides is 2. The number of halogens is 3. The maximum Gasteiger partial charge on any atom is 0.387 e. The molecule has 1 unspecified atom stereocenters. The summed E-state index contributed by atoms with van der Waals surface area (Å²) in [6.07, 6.45) is -0.164. The monoisotopic (exact) mass is 470 g/mol. The van der Waals surface area contributed by atoms with E-state index >= 15 is 0 Å². The van der Waals surface area contributed by atoms with E-state index in [1.165, 1.54) is 26.4 Å². The van der Waals surface area contributed by atoms with Crippen molar-refractivity contribution in [2.45, 2.75) is 19.1 Å². The highest BCUT2D eigenvalue weighted by atomic mass is 35.5. The lowest BCUT2D eigenvalue weighted by Gasteiger charge is -2.19. The third kappa shape index (κ3) is 7.09. The summed E-state index contributed by atoms with van der Waals surface area (Å²) < 4.78 is 38.8. The lowest BCUT2D eigenvalue weighted by Crippen LogP contribution is -2.39. The molecule has 0 spiro atoms. The van der Waals surface area contributed by atoms with Gasteiger partial charge in [-0.05, 0) is 29.8 Å². The lowest BCUT2D eigenvalue weighted by molar-refractivity contribution is -0.141. The molecule has 11 heteroatoms. The predicted octanol–water partition coefficient (Wildman–Crippen LogP) is 3.10. The quantitative estimate of drug-likeness (QED) is 0.517. The summed E-state index contributed by atoms with van der Waals surface area (Å²) in [5.74, 6) is -2.10. The molecule has 0 aromatic heterocycles. The van der Waals surface area contributed by atoms with E-state index in [9.17, 15) is 23.2 Å². The molecule has 172 valence electrons. The number of carbonyl (C=O) groups is 3. The Kier molecular flexibility index (Phi) is 9.21. The van der Waals surface area contributed by atoms with Crippen LogP contribution in [0.2, 0.25) is 5.02 Å². The second-order valence-electron chi connectivity index (χ2n) is 6.35. The van der Waals surface area contributed by atoms with Gasteiger partial charge in [0.05, 0.1) is 33.2 Å². The molecule has 8 nitrogen and oxygen atoms in total. The molecule has 0 radical (unpaired) electrons. The summed E-state index contributed by atoms with van der Waals surface area (Å²) in [6, 6.07) is 9.51. The molecule has 2 rings (SSSR count). The molecule has 0 aliphatic rings. The number of nitrogens with one attached hydrogen (secondary N) is 2. The van der Waals surface area contributed by atoms with Gasteiger partial charge < -0.3 is 24.8 Å². The zero-order valence-electron chi connectivity index (χ0n) is 17.2. The van der Waals surface area contributed by atoms with Crippen LogP contribution in [0, 0.1) is 0 Å². The lowest BCUT2D eigenvalue weighted by atomic mass is 10.0. The van der Waals surface area contributed by atoms with Gasteiger partial charge in [-0.2, -0.15) is 8.78 Å². The third-order valence-corrected chi connectivity index (χ3v) is 4.61. The second-order valence-corrected chi connectivity index (χ2v) is 6.76. The summed E-state index contributed by atoms with van der Waals surface area (Å²) in [7, 11) is 2.46. The van der Waals surface area contributed by atoms with Gasteiger partial charge in [-0.1, -0.05) is 29.8 Å². The number of rotatable bonds is 10. The van der Waals surface area contributed by atoms with Gasteiger partial charge in [0.25, 0.3) is 5.91 Å². The average molecular weight is 471 g/mol. The van der Waals surface area contributed by atoms with Crippen molar-refractivity contribution in [1.29, 1.82) is 0 Å². The van der Waals surface area contributed by atoms with Crippen LogP contribution in [0.3, 0.4) is 0 Å². The van der Waals surface area contributed by atoms with E-state index < -0.39 is 37.0 Å². The van der Waals surface area contributed by atoms with Crippen LogP contribution in [0.5, 0.6) is 11.5 Å². The van der Waals surface area contributed by atoms with Crippen molar-refractivity contribution in [1.82, 2.24) is 10.6 Å². The highest BCUT2D eigenvalue weighted by Gasteiger charge is 2.21. The van der Waals surface area contributed by atoms with Crippen molar-refractivity contribution in [2.24, 2.45) is 0 Å². The van der Waals surface area contributed by atoms with Gasteiger partial charge in [0, 0.05) is 10.6 Å². The zero-order chi connectivity index (χ0) is 23.7. The molecule has 2 aromatic carbocycles. The Morgan fingerprint density at radius 1 is 1.06 bits per heavy atom. The van der Waals surface area contributed by atoms with Gasteiger partial charge >= 0.3 is 12.6 Å². The fourth-order valence-corrected chi connectivity index (χ4v) is 3.02. The van der Waals surface area contributed by atoms with Crippen molar-refractivity contribution >= 4 is 29.4 Å². The average Bonchev–Trinajstić information content (AvgIpc) is 2.77. The van der Waals surface area contributed by atoms with Crippen LogP contribution in [-0.2, 0) is 14.3 Å². The van der Waals surface area contributed by atoms with Gasteiger partial charge in [-0.3, -0.25) is 14.4 Å². The molecule has 2 N–H and O–H groups in total. The highest BCUT2D eigenvalue weighted by Crippen LogP contribution is 2.29. The normalized spacial score (nSPS) is 11.4. The van der Waals surface area contributed by atoms with E-state index in [1.54, 1.807) is 24.3 Å². The van der Waals surface area contributed by atoms with Gasteiger partial charge in [-0.25, -0.2) is 0 Å². The summed E-state index contributed by atoms with van der Waals surface area (Å²) in [5, 5.41) is 5.39. The summed E-state index contributed by atoms with van der Waals surface area (Å²) in [5.41, 5.74) is 0.576. The Labute approximate surface area is 187 Å². The predicted molar refractivity (Wildman–Crippen MR) is 111 cm³/mol. The highest BCUT2D eigenvalue weighted by molar-refractivity contribution is 6.31. The largest absolute Gasteiger partial charge is 0.493 e. The third-order valence-electron chi connectivity index (χ3n) is 4.27. The molecule has 0 bridgehead atoms. The van der Waals surface area contributed by atoms with Crippen molar-refractivity contribution in [3.05, 3.63) is 58.6 Å². The Bertz CT molecular complexity index is 973. The minimum Gasteiger partial charge on any atom is -0.493 e. The first kappa shape index (κ1) is 24.9. The van der Waals surface area contributed by atoms with Crippen LogP contribution in [-0.4, -0.2) is 45.2 Å². The van der Waals surface area contributed by atoms with Crippen molar-refractivity contribution < 1.29 is 37.4 Å². The molecular formula is C21H21ClF2N2O6. The van der Waals surface area contributed by atoms with E-state index in [0.717, 1.165) is 6.07 Å². The first-order valence-electron chi connectivity index (χ1n) is 9.26. The molecule has 0 saturated carbocycles. The van der Waals surface area contributed by atoms with Crippen LogP contribution in [0.4, 0.5) is 8.78 Å². The maximum atomic E-state index is 12.4. The Hall–Kier alpha value is -3.40. The molecule has 0 aliphatic heterocycles. The van der Waals surface area contributed by atoms with Crippen LogP contribution >= 0.6 is 11.6 Å². The van der Waals surface area contributed by atoms with Gasteiger partial charge in [0.1, 0.15) is 0 Å². The maximum absolute atomic E-state index is 12.4. The van der Waals surface area contributed by atoms with Crippen LogP contribution < -0.4 is 20.1 Å². The molecule has 2 aromatic rings. The van der Waals surface area contributed by atoms with Crippen LogP contribution in [0.15, 0.2) is 42.5 Å². The number of methoxy groups -OCH3 is 2. The summed E-state index contributed by atoms with van der Waals surface area (Å²) in [4.78, 5) is 36.5. The smallest absolute Gasteiger partial charge is 0.387 e. The van der Waals surface area contributed by atoms with E-state index in [1.807, 2.05) is 0 Å². The summed E-state index contributed by atoms with van der Waals surface area (Å²) >= 11 is 6.17. The number of carbonyl (C=O) groups excluding carboxylic acids is 3. The number of hydrogen-bond acceptors (Lipinski definition) is 6. The standard InChI is InChI=1S/C21H21ClF2N2O6/c1-30-17-9-12(7-8-16(17)32-21(23)24)20(29)25-11-18(27)26-15(10-19(28)31-2)13-5-3-4-6-14(13)22/h3-9,15,21H,10-11H2,1-2H3,(H,25,29)(H,26,27). The number of hydrogen-bond donors (Lipinski definition) is 2. The van der Waals surface area contributed by atoms with E-state index in [2.05, 4.69) is 20.1 Å². The van der Waals surface area contributed by atoms with Crippen LogP contribution in [0.25, 0.3) is 0 Å². The number of amides is 2. The number of benzene rings is 2. The summed E-state index contributed by atoms with van der Waals surface area (Å²) in [6.45, 7) is -3.47. The van der Waals surface area contributed by atoms with Crippen LogP contribution in [0.1, 0.15) is 28.4 Å². The van der Waals surface area contributed by atoms with Gasteiger partial charge in [0.15, 0.2) is 11.5 Å². The molecule has 32 heavy (non-hydrogen) atoms. The van der Waals surface area contributed by atoms with Gasteiger partial charge in [-0.15, -0.1) is 0 Å². The molecule has 0 saturated heterocycles. The number of esters is 1. The van der Waals surface area contributed by atoms with E-state index in [0.29, 0.717) is 10.6 Å². The molecule has 0 fully saturated rings. The topological polar surface area (TPSA) is 103 Å².